The third kappa shape index (κ3) is 4.55. The number of nitrogens with one attached hydrogen (secondary N) is 1. The summed E-state index contributed by atoms with van der Waals surface area (Å²) in [6.45, 7) is 10.9. The van der Waals surface area contributed by atoms with E-state index in [1.54, 1.807) is 0 Å². The molecular weight excluding hydrogens is 308 g/mol. The summed E-state index contributed by atoms with van der Waals surface area (Å²) in [5, 5.41) is 7.07. The first-order chi connectivity index (χ1) is 11.6. The molecule has 7 nitrogen and oxygen atoms in total. The molecule has 1 aromatic heterocycles. The standard InChI is InChI=1S/C17H28N4O3/c1-3-20-4-6-21(7-5-20)10-17(22)18-16-12-23-11-14(16)9-15-8-13(2)19-24-15/h8,14,16H,3-7,9-12H2,1-2H3,(H,18,22)/t14-,16+/m1/s1. The van der Waals surface area contributed by atoms with E-state index in [1.165, 1.54) is 0 Å². The molecule has 0 saturated carbocycles. The number of ether oxygens (including phenoxy) is 1. The van der Waals surface area contributed by atoms with E-state index in [4.69, 9.17) is 9.26 Å². The van der Waals surface area contributed by atoms with Gasteiger partial charge < -0.3 is 19.5 Å². The van der Waals surface area contributed by atoms with Crippen LogP contribution in [0.3, 0.4) is 0 Å². The number of carbonyl (C=O) groups is 1. The summed E-state index contributed by atoms with van der Waals surface area (Å²) in [6, 6.07) is 2.00. The number of aryl methyl sites for hydroxylation is 1. The van der Waals surface area contributed by atoms with Crippen LogP contribution in [0.15, 0.2) is 10.6 Å². The van der Waals surface area contributed by atoms with Crippen LogP contribution in [0.4, 0.5) is 0 Å². The van der Waals surface area contributed by atoms with Crippen molar-refractivity contribution < 1.29 is 14.1 Å². The third-order valence-corrected chi connectivity index (χ3v) is 4.96. The largest absolute Gasteiger partial charge is 0.379 e. The number of piperazine rings is 1. The van der Waals surface area contributed by atoms with Gasteiger partial charge in [0.1, 0.15) is 5.76 Å². The molecule has 24 heavy (non-hydrogen) atoms. The minimum absolute atomic E-state index is 0.0554. The Balaban J connectivity index is 1.45. The molecule has 2 aliphatic rings. The van der Waals surface area contributed by atoms with Crippen molar-refractivity contribution in [1.29, 1.82) is 0 Å². The second kappa shape index (κ2) is 8.09. The number of amides is 1. The van der Waals surface area contributed by atoms with Gasteiger partial charge >= 0.3 is 0 Å². The summed E-state index contributed by atoms with van der Waals surface area (Å²) in [5.74, 6) is 1.20. The first-order valence-corrected chi connectivity index (χ1v) is 8.88. The number of nitrogens with zero attached hydrogens (tertiary/aromatic N) is 3. The molecule has 2 aliphatic heterocycles. The second-order valence-electron chi connectivity index (χ2n) is 6.82. The van der Waals surface area contributed by atoms with E-state index in [9.17, 15) is 4.79 Å². The van der Waals surface area contributed by atoms with Crippen LogP contribution < -0.4 is 5.32 Å². The fourth-order valence-electron chi connectivity index (χ4n) is 3.45. The summed E-state index contributed by atoms with van der Waals surface area (Å²) < 4.78 is 10.9. The molecular formula is C17H28N4O3. The normalized spacial score (nSPS) is 25.9. The smallest absolute Gasteiger partial charge is 0.234 e. The molecule has 0 aromatic carbocycles. The first-order valence-electron chi connectivity index (χ1n) is 8.88. The molecule has 1 aromatic rings. The molecule has 0 radical (unpaired) electrons. The van der Waals surface area contributed by atoms with Crippen LogP contribution >= 0.6 is 0 Å². The van der Waals surface area contributed by atoms with Crippen molar-refractivity contribution in [2.75, 3.05) is 52.5 Å². The van der Waals surface area contributed by atoms with E-state index < -0.39 is 0 Å². The number of hydrogen-bond acceptors (Lipinski definition) is 6. The van der Waals surface area contributed by atoms with Crippen LogP contribution in [0.25, 0.3) is 0 Å². The van der Waals surface area contributed by atoms with E-state index in [1.807, 2.05) is 13.0 Å². The zero-order chi connectivity index (χ0) is 16.9. The minimum atomic E-state index is 0.0554. The Morgan fingerprint density at radius 3 is 2.71 bits per heavy atom. The highest BCUT2D eigenvalue weighted by Gasteiger charge is 2.31. The molecule has 2 saturated heterocycles. The lowest BCUT2D eigenvalue weighted by Gasteiger charge is -2.33. The molecule has 0 aliphatic carbocycles. The van der Waals surface area contributed by atoms with Gasteiger partial charge in [-0.2, -0.15) is 0 Å². The van der Waals surface area contributed by atoms with Crippen molar-refractivity contribution in [3.05, 3.63) is 17.5 Å². The summed E-state index contributed by atoms with van der Waals surface area (Å²) in [6.07, 6.45) is 0.751. The SMILES string of the molecule is CCN1CCN(CC(=O)N[C@H]2COC[C@H]2Cc2cc(C)no2)CC1. The van der Waals surface area contributed by atoms with Gasteiger partial charge in [0.25, 0.3) is 0 Å². The van der Waals surface area contributed by atoms with Gasteiger partial charge in [0.15, 0.2) is 0 Å². The summed E-state index contributed by atoms with van der Waals surface area (Å²) in [5.41, 5.74) is 0.885. The number of carbonyl (C=O) groups excluding carboxylic acids is 1. The first kappa shape index (κ1) is 17.4. The van der Waals surface area contributed by atoms with Crippen LogP contribution in [0.5, 0.6) is 0 Å². The minimum Gasteiger partial charge on any atom is -0.379 e. The highest BCUT2D eigenvalue weighted by Crippen LogP contribution is 2.19. The van der Waals surface area contributed by atoms with Crippen LogP contribution in [-0.4, -0.2) is 79.4 Å². The van der Waals surface area contributed by atoms with Crippen LogP contribution in [-0.2, 0) is 16.0 Å². The number of aromatic nitrogens is 1. The van der Waals surface area contributed by atoms with Crippen molar-refractivity contribution in [2.45, 2.75) is 26.3 Å². The molecule has 0 spiro atoms. The van der Waals surface area contributed by atoms with Gasteiger partial charge in [0, 0.05) is 44.6 Å². The summed E-state index contributed by atoms with van der Waals surface area (Å²) in [4.78, 5) is 17.0. The van der Waals surface area contributed by atoms with E-state index in [2.05, 4.69) is 27.2 Å². The van der Waals surface area contributed by atoms with Crippen molar-refractivity contribution in [3.8, 4) is 0 Å². The Bertz CT molecular complexity index is 540. The lowest BCUT2D eigenvalue weighted by atomic mass is 9.98. The topological polar surface area (TPSA) is 70.8 Å². The van der Waals surface area contributed by atoms with E-state index >= 15 is 0 Å². The number of hydrogen-bond donors (Lipinski definition) is 1. The van der Waals surface area contributed by atoms with Crippen molar-refractivity contribution in [1.82, 2.24) is 20.3 Å². The van der Waals surface area contributed by atoms with Gasteiger partial charge in [-0.1, -0.05) is 12.1 Å². The van der Waals surface area contributed by atoms with Gasteiger partial charge in [0.05, 0.1) is 31.5 Å². The maximum Gasteiger partial charge on any atom is 0.234 e. The third-order valence-electron chi connectivity index (χ3n) is 4.96. The Kier molecular flexibility index (Phi) is 5.86. The average molecular weight is 336 g/mol. The van der Waals surface area contributed by atoms with Gasteiger partial charge in [-0.05, 0) is 13.5 Å². The second-order valence-corrected chi connectivity index (χ2v) is 6.82. The Hall–Kier alpha value is -1.44. The molecule has 2 fully saturated rings. The van der Waals surface area contributed by atoms with Gasteiger partial charge in [-0.25, -0.2) is 0 Å². The van der Waals surface area contributed by atoms with E-state index in [-0.39, 0.29) is 17.9 Å². The van der Waals surface area contributed by atoms with Gasteiger partial charge in [-0.15, -0.1) is 0 Å². The molecule has 134 valence electrons. The monoisotopic (exact) mass is 336 g/mol. The zero-order valence-corrected chi connectivity index (χ0v) is 14.7. The lowest BCUT2D eigenvalue weighted by Crippen LogP contribution is -2.51. The predicted molar refractivity (Wildman–Crippen MR) is 89.7 cm³/mol. The molecule has 3 heterocycles. The van der Waals surface area contributed by atoms with Crippen molar-refractivity contribution in [3.63, 3.8) is 0 Å². The Morgan fingerprint density at radius 1 is 1.29 bits per heavy atom. The van der Waals surface area contributed by atoms with Gasteiger partial charge in [0.2, 0.25) is 5.91 Å². The summed E-state index contributed by atoms with van der Waals surface area (Å²) >= 11 is 0. The fraction of sp³-hybridized carbons (Fsp3) is 0.765. The molecule has 1 N–H and O–H groups in total. The molecule has 7 heteroatoms. The number of likely N-dealkylation sites (N-methyl/N-ethyl adjacent to an activating group) is 1. The molecule has 0 unspecified atom stereocenters. The van der Waals surface area contributed by atoms with E-state index in [0.717, 1.165) is 50.6 Å². The van der Waals surface area contributed by atoms with Crippen LogP contribution in [0, 0.1) is 12.8 Å². The Labute approximate surface area is 143 Å². The van der Waals surface area contributed by atoms with Crippen molar-refractivity contribution in [2.24, 2.45) is 5.92 Å². The van der Waals surface area contributed by atoms with Crippen molar-refractivity contribution >= 4 is 5.91 Å². The maximum atomic E-state index is 12.4. The van der Waals surface area contributed by atoms with Crippen LogP contribution in [0.1, 0.15) is 18.4 Å². The quantitative estimate of drug-likeness (QED) is 0.805. The molecule has 3 rings (SSSR count). The number of rotatable bonds is 6. The molecule has 0 bridgehead atoms. The molecule has 2 atom stereocenters. The lowest BCUT2D eigenvalue weighted by molar-refractivity contribution is -0.123. The predicted octanol–water partition coefficient (Wildman–Crippen LogP) is 0.294. The zero-order valence-electron chi connectivity index (χ0n) is 14.7. The molecule has 1 amide bonds. The van der Waals surface area contributed by atoms with Gasteiger partial charge in [-0.3, -0.25) is 9.69 Å². The fourth-order valence-corrected chi connectivity index (χ4v) is 3.45. The summed E-state index contributed by atoms with van der Waals surface area (Å²) in [7, 11) is 0. The van der Waals surface area contributed by atoms with Crippen LogP contribution in [0.2, 0.25) is 0 Å². The van der Waals surface area contributed by atoms with E-state index in [0.29, 0.717) is 19.8 Å². The highest BCUT2D eigenvalue weighted by molar-refractivity contribution is 5.78. The average Bonchev–Trinajstić information content (AvgIpc) is 3.18. The highest BCUT2D eigenvalue weighted by atomic mass is 16.5. The Morgan fingerprint density at radius 2 is 2.04 bits per heavy atom. The maximum absolute atomic E-state index is 12.4.